The van der Waals surface area contributed by atoms with E-state index < -0.39 is 5.41 Å². The average molecular weight is 766 g/mol. The molecule has 1 aromatic heterocycles. The molecule has 3 nitrogen and oxygen atoms in total. The largest absolute Gasteiger partial charge is 0.457 e. The van der Waals surface area contributed by atoms with Gasteiger partial charge in [0.25, 0.3) is 0 Å². The molecule has 10 aromatic carbocycles. The third-order valence-corrected chi connectivity index (χ3v) is 12.9. The Balaban J connectivity index is 1.14. The molecule has 60 heavy (non-hydrogen) atoms. The zero-order chi connectivity index (χ0) is 39.4. The van der Waals surface area contributed by atoms with Crippen LogP contribution in [-0.2, 0) is 5.41 Å². The predicted octanol–water partition coefficient (Wildman–Crippen LogP) is 15.5. The van der Waals surface area contributed by atoms with Crippen molar-refractivity contribution in [3.63, 3.8) is 0 Å². The zero-order valence-electron chi connectivity index (χ0n) is 32.5. The lowest BCUT2D eigenvalue weighted by atomic mass is 9.66. The fourth-order valence-corrected chi connectivity index (χ4v) is 10.5. The fourth-order valence-electron chi connectivity index (χ4n) is 10.5. The van der Waals surface area contributed by atoms with Gasteiger partial charge in [0.2, 0.25) is 0 Å². The Hall–Kier alpha value is -7.88. The number of anilines is 3. The topological polar surface area (TPSA) is 25.6 Å². The maximum Gasteiger partial charge on any atom is 0.143 e. The first-order chi connectivity index (χ1) is 29.8. The molecule has 0 atom stereocenters. The van der Waals surface area contributed by atoms with E-state index in [0.29, 0.717) is 0 Å². The Morgan fingerprint density at radius 3 is 1.87 bits per heavy atom. The minimum absolute atomic E-state index is 0.593. The summed E-state index contributed by atoms with van der Waals surface area (Å²) in [5, 5.41) is 6.84. The Bertz CT molecular complexity index is 3500. The van der Waals surface area contributed by atoms with Crippen molar-refractivity contribution in [2.75, 3.05) is 4.90 Å². The lowest BCUT2D eigenvalue weighted by Crippen LogP contribution is -2.32. The Morgan fingerprint density at radius 1 is 0.383 bits per heavy atom. The van der Waals surface area contributed by atoms with Crippen LogP contribution in [0.2, 0.25) is 0 Å². The second-order valence-corrected chi connectivity index (χ2v) is 15.9. The molecule has 0 unspecified atom stereocenters. The van der Waals surface area contributed by atoms with E-state index in [1.165, 1.54) is 49.5 Å². The zero-order valence-corrected chi connectivity index (χ0v) is 32.5. The lowest BCUT2D eigenvalue weighted by Gasteiger charge is -2.39. The molecule has 3 heteroatoms. The van der Waals surface area contributed by atoms with E-state index >= 15 is 0 Å². The van der Waals surface area contributed by atoms with Gasteiger partial charge in [-0.1, -0.05) is 164 Å². The highest BCUT2D eigenvalue weighted by Gasteiger charge is 2.52. The fraction of sp³-hybridized carbons (Fsp3) is 0.0175. The molecule has 0 fully saturated rings. The van der Waals surface area contributed by atoms with Gasteiger partial charge in [0.1, 0.15) is 22.7 Å². The van der Waals surface area contributed by atoms with Crippen LogP contribution in [0.1, 0.15) is 22.3 Å². The van der Waals surface area contributed by atoms with Crippen LogP contribution < -0.4 is 9.64 Å². The van der Waals surface area contributed by atoms with Crippen LogP contribution in [0.4, 0.5) is 17.1 Å². The van der Waals surface area contributed by atoms with Crippen LogP contribution in [0.3, 0.4) is 0 Å². The quantitative estimate of drug-likeness (QED) is 0.178. The van der Waals surface area contributed by atoms with Crippen molar-refractivity contribution in [3.05, 3.63) is 235 Å². The molecule has 0 saturated carbocycles. The molecule has 1 aliphatic heterocycles. The normalized spacial score (nSPS) is 13.3. The van der Waals surface area contributed by atoms with Crippen molar-refractivity contribution in [2.24, 2.45) is 0 Å². The van der Waals surface area contributed by atoms with Crippen molar-refractivity contribution in [2.45, 2.75) is 5.41 Å². The lowest BCUT2D eigenvalue weighted by molar-refractivity contribution is 0.436. The average Bonchev–Trinajstić information content (AvgIpc) is 3.84. The summed E-state index contributed by atoms with van der Waals surface area (Å²) in [7, 11) is 0. The van der Waals surface area contributed by atoms with Crippen molar-refractivity contribution in [3.8, 4) is 33.8 Å². The maximum absolute atomic E-state index is 6.68. The van der Waals surface area contributed by atoms with Crippen LogP contribution in [0.5, 0.6) is 11.5 Å². The molecule has 0 radical (unpaired) electrons. The Kier molecular flexibility index (Phi) is 6.93. The van der Waals surface area contributed by atoms with E-state index in [1.54, 1.807) is 0 Å². The minimum atomic E-state index is -0.593. The molecular formula is C57H35NO2. The van der Waals surface area contributed by atoms with Crippen molar-refractivity contribution in [1.29, 1.82) is 0 Å². The van der Waals surface area contributed by atoms with E-state index in [4.69, 9.17) is 9.15 Å². The predicted molar refractivity (Wildman–Crippen MR) is 246 cm³/mol. The second kappa shape index (κ2) is 12.6. The molecule has 0 saturated heterocycles. The first-order valence-corrected chi connectivity index (χ1v) is 20.6. The SMILES string of the molecule is c1ccc(-c2ccc(N(c3ccc4oc5c6ccccc6ccc5c4c3)c3cccc4c3-c3ccccc3C43c4ccccc4Oc4ccccc43)c3ccccc23)cc1. The summed E-state index contributed by atoms with van der Waals surface area (Å²) in [6.07, 6.45) is 0. The van der Waals surface area contributed by atoms with Gasteiger partial charge in [0.15, 0.2) is 0 Å². The third kappa shape index (κ3) is 4.49. The van der Waals surface area contributed by atoms with Gasteiger partial charge >= 0.3 is 0 Å². The number of ether oxygens (including phenoxy) is 1. The number of fused-ring (bicyclic) bond motifs is 15. The van der Waals surface area contributed by atoms with Gasteiger partial charge in [-0.25, -0.2) is 0 Å². The number of hydrogen-bond donors (Lipinski definition) is 0. The summed E-state index contributed by atoms with van der Waals surface area (Å²) in [5.41, 5.74) is 14.1. The summed E-state index contributed by atoms with van der Waals surface area (Å²) < 4.78 is 13.4. The number of benzene rings is 10. The first-order valence-electron chi connectivity index (χ1n) is 20.6. The van der Waals surface area contributed by atoms with Crippen LogP contribution in [0, 0.1) is 0 Å². The minimum Gasteiger partial charge on any atom is -0.457 e. The van der Waals surface area contributed by atoms with Gasteiger partial charge in [-0.05, 0) is 87.1 Å². The maximum atomic E-state index is 6.68. The van der Waals surface area contributed by atoms with E-state index in [0.717, 1.165) is 67.0 Å². The molecule has 2 aliphatic rings. The summed E-state index contributed by atoms with van der Waals surface area (Å²) in [5.74, 6) is 1.77. The summed E-state index contributed by atoms with van der Waals surface area (Å²) in [6, 6.07) is 76.7. The number of hydrogen-bond acceptors (Lipinski definition) is 3. The number of furan rings is 1. The Labute approximate surface area is 347 Å². The van der Waals surface area contributed by atoms with Crippen molar-refractivity contribution in [1.82, 2.24) is 0 Å². The van der Waals surface area contributed by atoms with Crippen LogP contribution in [-0.4, -0.2) is 0 Å². The van der Waals surface area contributed by atoms with Gasteiger partial charge < -0.3 is 14.1 Å². The van der Waals surface area contributed by atoms with Gasteiger partial charge in [-0.2, -0.15) is 0 Å². The molecule has 0 N–H and O–H groups in total. The monoisotopic (exact) mass is 765 g/mol. The highest BCUT2D eigenvalue weighted by Crippen LogP contribution is 2.64. The van der Waals surface area contributed by atoms with Crippen molar-refractivity contribution < 1.29 is 9.15 Å². The Morgan fingerprint density at radius 2 is 1.05 bits per heavy atom. The van der Waals surface area contributed by atoms with Gasteiger partial charge in [-0.3, -0.25) is 0 Å². The molecule has 0 amide bonds. The molecule has 1 spiro atoms. The van der Waals surface area contributed by atoms with E-state index in [1.807, 2.05) is 0 Å². The first kappa shape index (κ1) is 33.1. The summed E-state index contributed by atoms with van der Waals surface area (Å²) >= 11 is 0. The highest BCUT2D eigenvalue weighted by molar-refractivity contribution is 6.16. The van der Waals surface area contributed by atoms with Gasteiger partial charge in [-0.15, -0.1) is 0 Å². The van der Waals surface area contributed by atoms with Crippen molar-refractivity contribution >= 4 is 60.5 Å². The van der Waals surface area contributed by atoms with Crippen LogP contribution >= 0.6 is 0 Å². The number of para-hydroxylation sites is 2. The second-order valence-electron chi connectivity index (χ2n) is 15.9. The summed E-state index contributed by atoms with van der Waals surface area (Å²) in [4.78, 5) is 2.49. The molecule has 1 aliphatic carbocycles. The van der Waals surface area contributed by atoms with E-state index in [9.17, 15) is 0 Å². The molecule has 280 valence electrons. The number of rotatable bonds is 4. The molecule has 2 heterocycles. The van der Waals surface area contributed by atoms with E-state index in [-0.39, 0.29) is 0 Å². The molecule has 0 bridgehead atoms. The smallest absolute Gasteiger partial charge is 0.143 e. The van der Waals surface area contributed by atoms with Gasteiger partial charge in [0.05, 0.1) is 16.8 Å². The molecule has 13 rings (SSSR count). The van der Waals surface area contributed by atoms with E-state index in [2.05, 4.69) is 217 Å². The standard InChI is InChI=1S/C57H35NO2/c1-2-15-36(16-3-1)39-32-33-50(42-20-7-6-19-41(39)42)58(38-30-34-52-45(35-38)43-31-29-37-17-4-5-18-40(37)56(43)60-52)51-26-14-25-49-55(51)44-21-8-9-22-46(44)57(49)47-23-10-12-27-53(47)59-54-28-13-11-24-48(54)57/h1-35H. The van der Waals surface area contributed by atoms with Gasteiger partial charge in [0, 0.05) is 43.9 Å². The third-order valence-electron chi connectivity index (χ3n) is 12.9. The highest BCUT2D eigenvalue weighted by atomic mass is 16.5. The van der Waals surface area contributed by atoms with Crippen LogP contribution in [0.15, 0.2) is 217 Å². The summed E-state index contributed by atoms with van der Waals surface area (Å²) in [6.45, 7) is 0. The van der Waals surface area contributed by atoms with Crippen LogP contribution in [0.25, 0.3) is 65.7 Å². The molecular weight excluding hydrogens is 731 g/mol. The number of nitrogens with zero attached hydrogens (tertiary/aromatic N) is 1. The molecule has 11 aromatic rings.